The van der Waals surface area contributed by atoms with Crippen LogP contribution in [0.1, 0.15) is 16.1 Å². The maximum Gasteiger partial charge on any atom is 0.255 e. The average Bonchev–Trinajstić information content (AvgIpc) is 3.42. The molecule has 0 atom stereocenters. The lowest BCUT2D eigenvalue weighted by Crippen LogP contribution is -2.11. The van der Waals surface area contributed by atoms with Crippen molar-refractivity contribution >= 4 is 46.0 Å². The first-order valence-corrected chi connectivity index (χ1v) is 10.9. The minimum Gasteiger partial charge on any atom is -0.487 e. The fraction of sp³-hybridized carbons (Fsp3) is 0.0526. The van der Waals surface area contributed by atoms with Crippen LogP contribution < -0.4 is 10.1 Å². The Morgan fingerprint density at radius 1 is 1.14 bits per heavy atom. The number of benzene rings is 2. The quantitative estimate of drug-likeness (QED) is 0.449. The molecule has 0 radical (unpaired) electrons. The summed E-state index contributed by atoms with van der Waals surface area (Å²) >= 11 is 4.55. The van der Waals surface area contributed by atoms with Gasteiger partial charge < -0.3 is 10.1 Å². The molecule has 0 bridgehead atoms. The predicted molar refractivity (Wildman–Crippen MR) is 111 cm³/mol. The minimum atomic E-state index is -0.191. The molecule has 2 heterocycles. The number of hydrogen-bond acceptors (Lipinski definition) is 8. The van der Waals surface area contributed by atoms with E-state index in [0.717, 1.165) is 20.6 Å². The summed E-state index contributed by atoms with van der Waals surface area (Å²) in [6.07, 6.45) is 0. The Kier molecular flexibility index (Phi) is 5.95. The number of nitrogens with zero attached hydrogens (tertiary/aromatic N) is 3. The molecule has 1 amide bonds. The van der Waals surface area contributed by atoms with Crippen LogP contribution >= 0.6 is 34.4 Å². The smallest absolute Gasteiger partial charge is 0.255 e. The van der Waals surface area contributed by atoms with Crippen molar-refractivity contribution in [3.63, 3.8) is 0 Å². The lowest BCUT2D eigenvalue weighted by molar-refractivity contribution is 0.102. The first-order chi connectivity index (χ1) is 13.8. The molecule has 2 aromatic carbocycles. The van der Waals surface area contributed by atoms with E-state index in [2.05, 4.69) is 20.5 Å². The molecule has 9 heteroatoms. The SMILES string of the molecule is O=C(Nc1ccc(Sc2nncs2)cc1)c1cccc(OCc2cscn2)c1. The maximum atomic E-state index is 12.5. The lowest BCUT2D eigenvalue weighted by atomic mass is 10.2. The minimum absolute atomic E-state index is 0.191. The van der Waals surface area contributed by atoms with Gasteiger partial charge in [0.1, 0.15) is 17.9 Å². The molecule has 0 saturated heterocycles. The van der Waals surface area contributed by atoms with Crippen molar-refractivity contribution in [2.45, 2.75) is 15.8 Å². The Morgan fingerprint density at radius 3 is 2.79 bits per heavy atom. The summed E-state index contributed by atoms with van der Waals surface area (Å²) < 4.78 is 6.59. The van der Waals surface area contributed by atoms with Crippen molar-refractivity contribution < 1.29 is 9.53 Å². The summed E-state index contributed by atoms with van der Waals surface area (Å²) in [6.45, 7) is 0.377. The second-order valence-electron chi connectivity index (χ2n) is 5.58. The van der Waals surface area contributed by atoms with Crippen molar-refractivity contribution in [3.8, 4) is 5.75 Å². The van der Waals surface area contributed by atoms with Crippen LogP contribution in [0.5, 0.6) is 5.75 Å². The van der Waals surface area contributed by atoms with Crippen LogP contribution in [0.3, 0.4) is 0 Å². The van der Waals surface area contributed by atoms with E-state index in [4.69, 9.17) is 4.74 Å². The average molecular weight is 427 g/mol. The number of nitrogens with one attached hydrogen (secondary N) is 1. The van der Waals surface area contributed by atoms with Gasteiger partial charge in [-0.3, -0.25) is 4.79 Å². The van der Waals surface area contributed by atoms with Gasteiger partial charge in [0.15, 0.2) is 4.34 Å². The van der Waals surface area contributed by atoms with Crippen molar-refractivity contribution in [1.82, 2.24) is 15.2 Å². The Labute approximate surface area is 173 Å². The van der Waals surface area contributed by atoms with Gasteiger partial charge in [0.25, 0.3) is 5.91 Å². The number of aromatic nitrogens is 3. The van der Waals surface area contributed by atoms with Crippen molar-refractivity contribution in [3.05, 3.63) is 76.2 Å². The summed E-state index contributed by atoms with van der Waals surface area (Å²) in [6, 6.07) is 14.7. The molecule has 0 fully saturated rings. The van der Waals surface area contributed by atoms with E-state index >= 15 is 0 Å². The van der Waals surface area contributed by atoms with E-state index in [1.54, 1.807) is 29.2 Å². The Morgan fingerprint density at radius 2 is 2.04 bits per heavy atom. The Balaban J connectivity index is 1.37. The summed E-state index contributed by atoms with van der Waals surface area (Å²) in [7, 11) is 0. The number of rotatable bonds is 7. The molecule has 0 spiro atoms. The summed E-state index contributed by atoms with van der Waals surface area (Å²) in [5.74, 6) is 0.438. The van der Waals surface area contributed by atoms with Gasteiger partial charge in [-0.2, -0.15) is 0 Å². The molecule has 0 aliphatic rings. The van der Waals surface area contributed by atoms with Crippen LogP contribution in [0.25, 0.3) is 0 Å². The molecular formula is C19H14N4O2S3. The third-order valence-electron chi connectivity index (χ3n) is 3.62. The largest absolute Gasteiger partial charge is 0.487 e. The van der Waals surface area contributed by atoms with Gasteiger partial charge in [0, 0.05) is 21.5 Å². The van der Waals surface area contributed by atoms with Crippen molar-refractivity contribution in [2.24, 2.45) is 0 Å². The number of hydrogen-bond donors (Lipinski definition) is 1. The zero-order chi connectivity index (χ0) is 19.2. The van der Waals surface area contributed by atoms with Crippen LogP contribution in [0.4, 0.5) is 5.69 Å². The molecule has 4 aromatic rings. The number of anilines is 1. The van der Waals surface area contributed by atoms with Gasteiger partial charge in [-0.25, -0.2) is 4.98 Å². The summed E-state index contributed by atoms with van der Waals surface area (Å²) in [4.78, 5) is 17.8. The molecule has 6 nitrogen and oxygen atoms in total. The van der Waals surface area contributed by atoms with Crippen molar-refractivity contribution in [1.29, 1.82) is 0 Å². The zero-order valence-corrected chi connectivity index (χ0v) is 16.9. The van der Waals surface area contributed by atoms with Crippen molar-refractivity contribution in [2.75, 3.05) is 5.32 Å². The van der Waals surface area contributed by atoms with E-state index in [1.165, 1.54) is 34.4 Å². The fourth-order valence-corrected chi connectivity index (χ4v) is 4.30. The number of ether oxygens (including phenoxy) is 1. The van der Waals surface area contributed by atoms with Crippen LogP contribution in [-0.4, -0.2) is 21.1 Å². The van der Waals surface area contributed by atoms with Crippen LogP contribution in [-0.2, 0) is 6.61 Å². The van der Waals surface area contributed by atoms with Gasteiger partial charge in [-0.15, -0.1) is 21.5 Å². The van der Waals surface area contributed by atoms with E-state index < -0.39 is 0 Å². The second-order valence-corrected chi connectivity index (χ2v) is 8.45. The molecule has 2 aromatic heterocycles. The molecule has 1 N–H and O–H groups in total. The second kappa shape index (κ2) is 8.96. The highest BCUT2D eigenvalue weighted by molar-refractivity contribution is 8.01. The first-order valence-electron chi connectivity index (χ1n) is 8.21. The highest BCUT2D eigenvalue weighted by atomic mass is 32.2. The molecule has 28 heavy (non-hydrogen) atoms. The van der Waals surface area contributed by atoms with E-state index in [1.807, 2.05) is 35.7 Å². The normalized spacial score (nSPS) is 10.6. The Bertz CT molecular complexity index is 1040. The molecule has 0 aliphatic heterocycles. The van der Waals surface area contributed by atoms with E-state index in [9.17, 15) is 4.79 Å². The first kappa shape index (κ1) is 18.6. The van der Waals surface area contributed by atoms with Gasteiger partial charge in [-0.1, -0.05) is 29.2 Å². The number of amides is 1. The zero-order valence-electron chi connectivity index (χ0n) is 14.4. The monoisotopic (exact) mass is 426 g/mol. The molecule has 4 rings (SSSR count). The summed E-state index contributed by atoms with van der Waals surface area (Å²) in [5.41, 5.74) is 5.58. The van der Waals surface area contributed by atoms with Gasteiger partial charge in [-0.05, 0) is 42.5 Å². The standard InChI is InChI=1S/C19H14N4O2S3/c24-18(13-2-1-3-16(8-13)25-9-15-10-26-11-20-15)22-14-4-6-17(7-5-14)28-19-23-21-12-27-19/h1-8,10-12H,9H2,(H,22,24). The molecular weight excluding hydrogens is 412 g/mol. The van der Waals surface area contributed by atoms with Crippen LogP contribution in [0, 0.1) is 0 Å². The van der Waals surface area contributed by atoms with Gasteiger partial charge >= 0.3 is 0 Å². The van der Waals surface area contributed by atoms with E-state index in [-0.39, 0.29) is 5.91 Å². The topological polar surface area (TPSA) is 77.0 Å². The highest BCUT2D eigenvalue weighted by Crippen LogP contribution is 2.29. The highest BCUT2D eigenvalue weighted by Gasteiger charge is 2.08. The van der Waals surface area contributed by atoms with E-state index in [0.29, 0.717) is 17.9 Å². The lowest BCUT2D eigenvalue weighted by Gasteiger charge is -2.08. The Hall–Kier alpha value is -2.75. The fourth-order valence-electron chi connectivity index (χ4n) is 2.31. The number of thiazole rings is 1. The number of carbonyl (C=O) groups excluding carboxylic acids is 1. The van der Waals surface area contributed by atoms with Crippen LogP contribution in [0.15, 0.2) is 74.2 Å². The molecule has 0 unspecified atom stereocenters. The van der Waals surface area contributed by atoms with Gasteiger partial charge in [0.05, 0.1) is 11.2 Å². The number of carbonyl (C=O) groups is 1. The third-order valence-corrected chi connectivity index (χ3v) is 6.04. The van der Waals surface area contributed by atoms with Gasteiger partial charge in [0.2, 0.25) is 0 Å². The molecule has 0 aliphatic carbocycles. The predicted octanol–water partition coefficient (Wildman–Crippen LogP) is 4.98. The molecule has 0 saturated carbocycles. The molecule has 140 valence electrons. The maximum absolute atomic E-state index is 12.5. The van der Waals surface area contributed by atoms with Crippen LogP contribution in [0.2, 0.25) is 0 Å². The summed E-state index contributed by atoms with van der Waals surface area (Å²) in [5, 5.41) is 12.7. The third kappa shape index (κ3) is 4.94.